The predicted molar refractivity (Wildman–Crippen MR) is 45.2 cm³/mol. The smallest absolute Gasteiger partial charge is 0.338 e. The normalized spacial score (nSPS) is 8.80. The van der Waals surface area contributed by atoms with E-state index >= 15 is 0 Å². The van der Waals surface area contributed by atoms with Gasteiger partial charge in [-0.3, -0.25) is 16.5 Å². The van der Waals surface area contributed by atoms with Crippen molar-refractivity contribution in [1.82, 2.24) is 0 Å². The highest BCUT2D eigenvalue weighted by molar-refractivity contribution is 7.80. The Morgan fingerprint density at radius 2 is 1.90 bits per heavy atom. The van der Waals surface area contributed by atoms with E-state index in [2.05, 4.69) is 17.2 Å². The Bertz CT molecular complexity index is 139. The van der Waals surface area contributed by atoms with Crippen LogP contribution in [0.5, 0.6) is 0 Å². The van der Waals surface area contributed by atoms with Gasteiger partial charge in [-0.05, 0) is 6.42 Å². The van der Waals surface area contributed by atoms with Crippen LogP contribution in [0.2, 0.25) is 0 Å². The second-order valence-corrected chi connectivity index (χ2v) is 2.48. The van der Waals surface area contributed by atoms with Crippen LogP contribution in [0.1, 0.15) is 12.8 Å². The van der Waals surface area contributed by atoms with Gasteiger partial charge in [0.25, 0.3) is 0 Å². The average Bonchev–Trinajstić information content (AvgIpc) is 1.79. The second kappa shape index (κ2) is 4.99. The van der Waals surface area contributed by atoms with Gasteiger partial charge in [0.1, 0.15) is 0 Å². The number of guanidine groups is 1. The molecule has 0 radical (unpaired) electrons. The molecular formula is C5H13N4S+. The molecule has 0 aromatic heterocycles. The summed E-state index contributed by atoms with van der Waals surface area (Å²) in [5.74, 6) is 0.239. The van der Waals surface area contributed by atoms with E-state index in [-0.39, 0.29) is 5.96 Å². The zero-order valence-electron chi connectivity index (χ0n) is 5.76. The molecule has 5 heteroatoms. The van der Waals surface area contributed by atoms with Gasteiger partial charge in [-0.25, -0.2) is 0 Å². The highest BCUT2D eigenvalue weighted by Crippen LogP contribution is 1.82. The minimum atomic E-state index is 0.239. The standard InChI is InChI=1S/C5H12N4S/c6-4(10)2-1-3-9-5(7)8/h1-3H2,(H2,6,10)(H4,7,8,9)/p+1. The van der Waals surface area contributed by atoms with Crippen LogP contribution >= 0.6 is 12.2 Å². The summed E-state index contributed by atoms with van der Waals surface area (Å²) in [6.07, 6.45) is 1.60. The first-order valence-electron chi connectivity index (χ1n) is 3.03. The van der Waals surface area contributed by atoms with Gasteiger partial charge >= 0.3 is 5.96 Å². The van der Waals surface area contributed by atoms with Crippen molar-refractivity contribution < 1.29 is 4.99 Å². The predicted octanol–water partition coefficient (Wildman–Crippen LogP) is -2.59. The van der Waals surface area contributed by atoms with Gasteiger partial charge in [0.2, 0.25) is 0 Å². The minimum absolute atomic E-state index is 0.239. The molecule has 0 unspecified atom stereocenters. The van der Waals surface area contributed by atoms with Gasteiger partial charge in [-0.15, -0.1) is 0 Å². The molecule has 58 valence electrons. The average molecular weight is 161 g/mol. The molecule has 0 aliphatic heterocycles. The highest BCUT2D eigenvalue weighted by Gasteiger charge is 1.90. The Kier molecular flexibility index (Phi) is 4.57. The molecule has 0 saturated carbocycles. The van der Waals surface area contributed by atoms with E-state index < -0.39 is 0 Å². The minimum Gasteiger partial charge on any atom is -0.393 e. The fourth-order valence-electron chi connectivity index (χ4n) is 0.495. The van der Waals surface area contributed by atoms with Gasteiger partial charge in [0.15, 0.2) is 0 Å². The lowest BCUT2D eigenvalue weighted by Gasteiger charge is -1.92. The first-order valence-corrected chi connectivity index (χ1v) is 3.44. The van der Waals surface area contributed by atoms with E-state index in [1.165, 1.54) is 0 Å². The zero-order chi connectivity index (χ0) is 7.98. The Morgan fingerprint density at radius 3 is 2.30 bits per heavy atom. The molecular weight excluding hydrogens is 148 g/mol. The first kappa shape index (κ1) is 9.16. The molecule has 0 aliphatic rings. The summed E-state index contributed by atoms with van der Waals surface area (Å²) in [5, 5.41) is 0. The second-order valence-electron chi connectivity index (χ2n) is 1.95. The van der Waals surface area contributed by atoms with E-state index in [1.54, 1.807) is 0 Å². The molecule has 0 bridgehead atoms. The molecule has 0 saturated heterocycles. The molecule has 0 atom stereocenters. The van der Waals surface area contributed by atoms with E-state index in [0.717, 1.165) is 19.4 Å². The van der Waals surface area contributed by atoms with E-state index in [9.17, 15) is 0 Å². The number of rotatable bonds is 4. The molecule has 0 aliphatic carbocycles. The molecule has 0 aromatic carbocycles. The maximum Gasteiger partial charge on any atom is 0.338 e. The third-order valence-corrected chi connectivity index (χ3v) is 1.13. The fraction of sp³-hybridized carbons (Fsp3) is 0.600. The van der Waals surface area contributed by atoms with E-state index in [1.807, 2.05) is 0 Å². The van der Waals surface area contributed by atoms with Crippen molar-refractivity contribution in [3.05, 3.63) is 0 Å². The van der Waals surface area contributed by atoms with Crippen molar-refractivity contribution >= 4 is 23.2 Å². The van der Waals surface area contributed by atoms with Gasteiger partial charge in [0.05, 0.1) is 11.5 Å². The molecule has 0 amide bonds. The summed E-state index contributed by atoms with van der Waals surface area (Å²) in [7, 11) is 0. The van der Waals surface area contributed by atoms with Gasteiger partial charge in [-0.2, -0.15) is 0 Å². The number of hydrogen-bond acceptors (Lipinski definition) is 1. The van der Waals surface area contributed by atoms with Crippen LogP contribution in [0.25, 0.3) is 0 Å². The first-order chi connectivity index (χ1) is 4.63. The van der Waals surface area contributed by atoms with Crippen molar-refractivity contribution in [2.45, 2.75) is 12.8 Å². The Morgan fingerprint density at radius 1 is 1.30 bits per heavy atom. The Hall–Kier alpha value is -0.840. The number of nitrogens with one attached hydrogen (secondary N) is 1. The highest BCUT2D eigenvalue weighted by atomic mass is 32.1. The molecule has 4 nitrogen and oxygen atoms in total. The van der Waals surface area contributed by atoms with Gasteiger partial charge < -0.3 is 5.73 Å². The largest absolute Gasteiger partial charge is 0.393 e. The Labute approximate surface area is 65.5 Å². The summed E-state index contributed by atoms with van der Waals surface area (Å²) in [4.78, 5) is 3.28. The third kappa shape index (κ3) is 7.16. The number of nitrogens with two attached hydrogens (primary N) is 3. The van der Waals surface area contributed by atoms with Gasteiger partial charge in [-0.1, -0.05) is 12.2 Å². The molecule has 0 heterocycles. The molecule has 10 heavy (non-hydrogen) atoms. The van der Waals surface area contributed by atoms with Crippen LogP contribution in [-0.4, -0.2) is 17.5 Å². The molecule has 0 spiro atoms. The molecule has 0 rings (SSSR count). The summed E-state index contributed by atoms with van der Waals surface area (Å²) >= 11 is 4.66. The maximum atomic E-state index is 5.24. The zero-order valence-corrected chi connectivity index (χ0v) is 6.58. The quantitative estimate of drug-likeness (QED) is 0.157. The third-order valence-electron chi connectivity index (χ3n) is 0.929. The topological polar surface area (TPSA) is 92.0 Å². The van der Waals surface area contributed by atoms with Crippen LogP contribution < -0.4 is 22.2 Å². The summed E-state index contributed by atoms with van der Waals surface area (Å²) in [6, 6.07) is 0. The molecule has 0 aromatic rings. The lowest BCUT2D eigenvalue weighted by Crippen LogP contribution is -2.78. The number of hydrogen-bond donors (Lipinski definition) is 4. The van der Waals surface area contributed by atoms with E-state index in [0.29, 0.717) is 4.99 Å². The van der Waals surface area contributed by atoms with Crippen LogP contribution in [0.15, 0.2) is 0 Å². The monoisotopic (exact) mass is 161 g/mol. The summed E-state index contributed by atoms with van der Waals surface area (Å²) in [6.45, 7) is 0.722. The Balaban J connectivity index is 3.21. The molecule has 7 N–H and O–H groups in total. The van der Waals surface area contributed by atoms with Crippen molar-refractivity contribution in [3.8, 4) is 0 Å². The SMILES string of the molecule is NC(=S)CCC[NH+]=C(N)N. The van der Waals surface area contributed by atoms with Crippen LogP contribution in [-0.2, 0) is 0 Å². The molecule has 0 fully saturated rings. The summed E-state index contributed by atoms with van der Waals surface area (Å²) < 4.78 is 0. The lowest BCUT2D eigenvalue weighted by atomic mass is 10.3. The maximum absolute atomic E-state index is 5.24. The summed E-state index contributed by atoms with van der Waals surface area (Å²) in [5.41, 5.74) is 15.5. The number of thiocarbonyl (C=S) groups is 1. The lowest BCUT2D eigenvalue weighted by molar-refractivity contribution is -0.459. The fourth-order valence-corrected chi connectivity index (χ4v) is 0.640. The van der Waals surface area contributed by atoms with Crippen molar-refractivity contribution in [2.24, 2.45) is 17.2 Å². The van der Waals surface area contributed by atoms with Crippen LogP contribution in [0.3, 0.4) is 0 Å². The van der Waals surface area contributed by atoms with Gasteiger partial charge in [0, 0.05) is 6.42 Å². The van der Waals surface area contributed by atoms with Crippen LogP contribution in [0, 0.1) is 0 Å². The van der Waals surface area contributed by atoms with Crippen molar-refractivity contribution in [1.29, 1.82) is 0 Å². The van der Waals surface area contributed by atoms with E-state index in [4.69, 9.17) is 17.2 Å². The van der Waals surface area contributed by atoms with Crippen LogP contribution in [0.4, 0.5) is 0 Å². The van der Waals surface area contributed by atoms with Crippen molar-refractivity contribution in [2.75, 3.05) is 6.54 Å². The van der Waals surface area contributed by atoms with Crippen molar-refractivity contribution in [3.63, 3.8) is 0 Å².